The largest absolute Gasteiger partial charge is 0.338 e. The smallest absolute Gasteiger partial charge is 0.282 e. The maximum atomic E-state index is 13.3. The van der Waals surface area contributed by atoms with Gasteiger partial charge in [0.2, 0.25) is 5.91 Å². The monoisotopic (exact) mass is 495 g/mol. The fraction of sp³-hybridized carbons (Fsp3) is 0.280. The molecule has 0 aliphatic heterocycles. The van der Waals surface area contributed by atoms with Crippen molar-refractivity contribution in [2.75, 3.05) is 12.3 Å². The zero-order valence-electron chi connectivity index (χ0n) is 19.1. The van der Waals surface area contributed by atoms with Crippen LogP contribution in [0.2, 0.25) is 5.02 Å². The van der Waals surface area contributed by atoms with Crippen LogP contribution in [0.5, 0.6) is 0 Å². The van der Waals surface area contributed by atoms with E-state index in [2.05, 4.69) is 5.10 Å². The average molecular weight is 496 g/mol. The first-order valence-electron chi connectivity index (χ1n) is 11.2. The lowest BCUT2D eigenvalue weighted by Gasteiger charge is -2.21. The summed E-state index contributed by atoms with van der Waals surface area (Å²) < 4.78 is 3.29. The van der Waals surface area contributed by atoms with Crippen molar-refractivity contribution in [3.63, 3.8) is 0 Å². The van der Waals surface area contributed by atoms with Crippen LogP contribution in [0, 0.1) is 0 Å². The van der Waals surface area contributed by atoms with Gasteiger partial charge in [0.1, 0.15) is 5.52 Å². The van der Waals surface area contributed by atoms with Crippen LogP contribution in [0.1, 0.15) is 25.0 Å². The summed E-state index contributed by atoms with van der Waals surface area (Å²) in [6, 6.07) is 17.2. The molecule has 0 unspecified atom stereocenters. The van der Waals surface area contributed by atoms with Crippen LogP contribution in [0.3, 0.4) is 0 Å². The van der Waals surface area contributed by atoms with Gasteiger partial charge in [-0.3, -0.25) is 18.8 Å². The first-order valence-corrected chi connectivity index (χ1v) is 12.5. The number of hydrogen-bond acceptors (Lipinski definition) is 5. The van der Waals surface area contributed by atoms with Gasteiger partial charge in [0.25, 0.3) is 5.56 Å². The van der Waals surface area contributed by atoms with Crippen molar-refractivity contribution < 1.29 is 4.79 Å². The first kappa shape index (κ1) is 24.0. The molecule has 0 aliphatic carbocycles. The van der Waals surface area contributed by atoms with E-state index >= 15 is 0 Å². The van der Waals surface area contributed by atoms with Gasteiger partial charge < -0.3 is 4.90 Å². The van der Waals surface area contributed by atoms with Crippen LogP contribution in [-0.2, 0) is 24.4 Å². The van der Waals surface area contributed by atoms with E-state index in [0.29, 0.717) is 47.4 Å². The Kier molecular flexibility index (Phi) is 7.70. The molecular formula is C25H26ClN5O2S. The fourth-order valence-corrected chi connectivity index (χ4v) is 4.63. The fourth-order valence-electron chi connectivity index (χ4n) is 3.60. The number of aryl methyl sites for hydroxylation is 1. The molecule has 0 radical (unpaired) electrons. The summed E-state index contributed by atoms with van der Waals surface area (Å²) in [7, 11) is 0. The zero-order valence-corrected chi connectivity index (χ0v) is 20.7. The van der Waals surface area contributed by atoms with Crippen molar-refractivity contribution >= 4 is 40.3 Å². The third kappa shape index (κ3) is 5.51. The minimum atomic E-state index is -0.223. The summed E-state index contributed by atoms with van der Waals surface area (Å²) in [6.07, 6.45) is 1.77. The topological polar surface area (TPSA) is 73.0 Å². The van der Waals surface area contributed by atoms with Crippen molar-refractivity contribution in [1.82, 2.24) is 24.2 Å². The van der Waals surface area contributed by atoms with Gasteiger partial charge in [-0.1, -0.05) is 65.8 Å². The highest BCUT2D eigenvalue weighted by molar-refractivity contribution is 7.99. The Bertz CT molecular complexity index is 1340. The molecule has 0 saturated heterocycles. The predicted octanol–water partition coefficient (Wildman–Crippen LogP) is 4.46. The van der Waals surface area contributed by atoms with Crippen molar-refractivity contribution in [1.29, 1.82) is 0 Å². The molecule has 9 heteroatoms. The van der Waals surface area contributed by atoms with Gasteiger partial charge in [-0.25, -0.2) is 4.98 Å². The van der Waals surface area contributed by atoms with Crippen molar-refractivity contribution in [3.05, 3.63) is 87.3 Å². The third-order valence-corrected chi connectivity index (χ3v) is 6.70. The number of hydrogen-bond donors (Lipinski definition) is 0. The van der Waals surface area contributed by atoms with E-state index in [0.717, 1.165) is 11.1 Å². The number of nitrogens with zero attached hydrogens (tertiary/aromatic N) is 5. The summed E-state index contributed by atoms with van der Waals surface area (Å²) in [5, 5.41) is 5.51. The van der Waals surface area contributed by atoms with Crippen LogP contribution in [0.4, 0.5) is 0 Å². The minimum absolute atomic E-state index is 0.00649. The van der Waals surface area contributed by atoms with Gasteiger partial charge >= 0.3 is 0 Å². The van der Waals surface area contributed by atoms with E-state index in [-0.39, 0.29) is 17.2 Å². The summed E-state index contributed by atoms with van der Waals surface area (Å²) >= 11 is 7.30. The van der Waals surface area contributed by atoms with Crippen LogP contribution in [0.25, 0.3) is 11.0 Å². The predicted molar refractivity (Wildman–Crippen MR) is 136 cm³/mol. The molecule has 4 rings (SSSR count). The summed E-state index contributed by atoms with van der Waals surface area (Å²) in [5.74, 6) is 0.175. The Balaban J connectivity index is 1.61. The maximum absolute atomic E-state index is 13.3. The van der Waals surface area contributed by atoms with Crippen LogP contribution >= 0.6 is 23.4 Å². The normalized spacial score (nSPS) is 11.1. The van der Waals surface area contributed by atoms with Gasteiger partial charge in [-0.2, -0.15) is 5.10 Å². The minimum Gasteiger partial charge on any atom is -0.338 e. The second-order valence-corrected chi connectivity index (χ2v) is 9.19. The van der Waals surface area contributed by atoms with Crippen molar-refractivity contribution in [3.8, 4) is 0 Å². The van der Waals surface area contributed by atoms with Crippen molar-refractivity contribution in [2.24, 2.45) is 0 Å². The quantitative estimate of drug-likeness (QED) is 0.253. The Hall–Kier alpha value is -3.10. The van der Waals surface area contributed by atoms with E-state index < -0.39 is 0 Å². The number of halogens is 1. The van der Waals surface area contributed by atoms with E-state index in [1.54, 1.807) is 32.5 Å². The summed E-state index contributed by atoms with van der Waals surface area (Å²) in [4.78, 5) is 32.9. The summed E-state index contributed by atoms with van der Waals surface area (Å²) in [5.41, 5.74) is 2.62. The molecule has 0 bridgehead atoms. The van der Waals surface area contributed by atoms with Gasteiger partial charge in [0.05, 0.1) is 18.5 Å². The molecule has 0 atom stereocenters. The third-order valence-electron chi connectivity index (χ3n) is 5.49. The molecular weight excluding hydrogens is 470 g/mol. The van der Waals surface area contributed by atoms with E-state index in [9.17, 15) is 9.59 Å². The second-order valence-electron chi connectivity index (χ2n) is 7.81. The molecule has 176 valence electrons. The van der Waals surface area contributed by atoms with Crippen LogP contribution in [0.15, 0.2) is 70.7 Å². The zero-order chi connectivity index (χ0) is 24.1. The van der Waals surface area contributed by atoms with E-state index in [4.69, 9.17) is 16.6 Å². The molecule has 0 fully saturated rings. The highest BCUT2D eigenvalue weighted by Gasteiger charge is 2.18. The number of amides is 1. The average Bonchev–Trinajstić information content (AvgIpc) is 3.28. The second kappa shape index (κ2) is 10.9. The highest BCUT2D eigenvalue weighted by Crippen LogP contribution is 2.20. The number of thioether (sulfide) groups is 1. The molecule has 2 heterocycles. The molecule has 0 aliphatic rings. The number of rotatable bonds is 9. The molecule has 2 aromatic carbocycles. The number of aromatic nitrogens is 4. The number of carbonyl (C=O) groups is 1. The summed E-state index contributed by atoms with van der Waals surface area (Å²) in [6.45, 7) is 6.02. The standard InChI is InChI=1S/C25H26ClN5O2S/c1-3-29(14-18-8-6-5-7-9-18)22(32)17-34-25-27-21-16-30(4-2)28-23(21)24(33)31(25)15-19-10-12-20(26)13-11-19/h5-13,16H,3-4,14-15,17H2,1-2H3. The van der Waals surface area contributed by atoms with E-state index in [1.807, 2.05) is 56.3 Å². The molecule has 1 amide bonds. The maximum Gasteiger partial charge on any atom is 0.282 e. The number of benzene rings is 2. The van der Waals surface area contributed by atoms with Crippen LogP contribution < -0.4 is 5.56 Å². The van der Waals surface area contributed by atoms with Gasteiger partial charge in [0.15, 0.2) is 10.7 Å². The van der Waals surface area contributed by atoms with Gasteiger partial charge in [0, 0.05) is 24.7 Å². The number of fused-ring (bicyclic) bond motifs is 1. The highest BCUT2D eigenvalue weighted by atomic mass is 35.5. The van der Waals surface area contributed by atoms with Crippen molar-refractivity contribution in [2.45, 2.75) is 38.6 Å². The molecule has 0 spiro atoms. The molecule has 34 heavy (non-hydrogen) atoms. The first-order chi connectivity index (χ1) is 16.5. The Morgan fingerprint density at radius 3 is 2.47 bits per heavy atom. The lowest BCUT2D eigenvalue weighted by molar-refractivity contribution is -0.128. The molecule has 0 N–H and O–H groups in total. The lowest BCUT2D eigenvalue weighted by atomic mass is 10.2. The molecule has 4 aromatic rings. The molecule has 2 aromatic heterocycles. The van der Waals surface area contributed by atoms with Gasteiger partial charge in [-0.15, -0.1) is 0 Å². The van der Waals surface area contributed by atoms with Crippen LogP contribution in [-0.4, -0.2) is 42.4 Å². The Labute approximate surface area is 207 Å². The van der Waals surface area contributed by atoms with E-state index in [1.165, 1.54) is 11.8 Å². The van der Waals surface area contributed by atoms with Gasteiger partial charge in [-0.05, 0) is 37.1 Å². The molecule has 7 nitrogen and oxygen atoms in total. The SMILES string of the molecule is CCN(Cc1ccccc1)C(=O)CSc1nc2cn(CC)nc2c(=O)n1Cc1ccc(Cl)cc1. The Morgan fingerprint density at radius 1 is 1.06 bits per heavy atom. The number of carbonyl (C=O) groups excluding carboxylic acids is 1. The molecule has 0 saturated carbocycles. The lowest BCUT2D eigenvalue weighted by Crippen LogP contribution is -2.32. The Morgan fingerprint density at radius 2 is 1.79 bits per heavy atom.